The van der Waals surface area contributed by atoms with E-state index in [2.05, 4.69) is 20.8 Å². The molecule has 3 aromatic rings. The van der Waals surface area contributed by atoms with Gasteiger partial charge in [0.1, 0.15) is 5.69 Å². The molecular formula is C22H22N4O2. The van der Waals surface area contributed by atoms with Gasteiger partial charge in [-0.2, -0.15) is 5.10 Å². The highest BCUT2D eigenvalue weighted by atomic mass is 16.2. The third-order valence-electron chi connectivity index (χ3n) is 4.80. The van der Waals surface area contributed by atoms with Crippen molar-refractivity contribution in [1.82, 2.24) is 15.5 Å². The molecule has 1 aliphatic rings. The third-order valence-corrected chi connectivity index (χ3v) is 4.80. The molecule has 3 N–H and O–H groups in total. The van der Waals surface area contributed by atoms with Gasteiger partial charge in [0, 0.05) is 22.9 Å². The van der Waals surface area contributed by atoms with Crippen LogP contribution in [0.4, 0.5) is 5.69 Å². The first kappa shape index (κ1) is 18.0. The Morgan fingerprint density at radius 2 is 1.79 bits per heavy atom. The van der Waals surface area contributed by atoms with Crippen LogP contribution in [-0.2, 0) is 11.2 Å². The maximum atomic E-state index is 12.6. The molecule has 0 atom stereocenters. The summed E-state index contributed by atoms with van der Waals surface area (Å²) in [5.41, 5.74) is 4.56. The second-order valence-electron chi connectivity index (χ2n) is 7.11. The fourth-order valence-corrected chi connectivity index (χ4v) is 3.09. The molecule has 1 fully saturated rings. The highest BCUT2D eigenvalue weighted by Crippen LogP contribution is 2.23. The molecule has 0 saturated heterocycles. The van der Waals surface area contributed by atoms with Crippen molar-refractivity contribution in [3.63, 3.8) is 0 Å². The number of hydrogen-bond acceptors (Lipinski definition) is 3. The van der Waals surface area contributed by atoms with E-state index in [1.807, 2.05) is 49.4 Å². The molecule has 0 radical (unpaired) electrons. The number of H-pyrrole nitrogens is 1. The van der Waals surface area contributed by atoms with Gasteiger partial charge in [-0.3, -0.25) is 14.7 Å². The number of aromatic amines is 1. The number of amides is 2. The number of aromatic nitrogens is 2. The van der Waals surface area contributed by atoms with Gasteiger partial charge >= 0.3 is 0 Å². The van der Waals surface area contributed by atoms with E-state index in [9.17, 15) is 9.59 Å². The van der Waals surface area contributed by atoms with Crippen LogP contribution in [0.1, 0.15) is 34.5 Å². The molecule has 6 heteroatoms. The lowest BCUT2D eigenvalue weighted by Crippen LogP contribution is -2.26. The molecule has 0 bridgehead atoms. The minimum Gasteiger partial charge on any atom is -0.353 e. The predicted molar refractivity (Wildman–Crippen MR) is 108 cm³/mol. The molecule has 2 aromatic carbocycles. The van der Waals surface area contributed by atoms with E-state index in [4.69, 9.17) is 0 Å². The van der Waals surface area contributed by atoms with Gasteiger partial charge in [-0.15, -0.1) is 0 Å². The number of hydrogen-bond donors (Lipinski definition) is 3. The van der Waals surface area contributed by atoms with Crippen molar-refractivity contribution in [2.24, 2.45) is 0 Å². The largest absolute Gasteiger partial charge is 0.353 e. The molecule has 28 heavy (non-hydrogen) atoms. The Morgan fingerprint density at radius 3 is 2.46 bits per heavy atom. The Labute approximate surface area is 163 Å². The Kier molecular flexibility index (Phi) is 4.93. The Morgan fingerprint density at radius 1 is 1.07 bits per heavy atom. The van der Waals surface area contributed by atoms with Crippen LogP contribution in [0.25, 0.3) is 11.3 Å². The molecule has 2 amide bonds. The quantitative estimate of drug-likeness (QED) is 0.617. The Hall–Kier alpha value is -3.41. The zero-order valence-electron chi connectivity index (χ0n) is 15.7. The summed E-state index contributed by atoms with van der Waals surface area (Å²) in [7, 11) is 0. The van der Waals surface area contributed by atoms with E-state index in [-0.39, 0.29) is 11.8 Å². The average molecular weight is 374 g/mol. The minimum absolute atomic E-state index is 0.0424. The summed E-state index contributed by atoms with van der Waals surface area (Å²) in [4.78, 5) is 24.5. The van der Waals surface area contributed by atoms with E-state index in [0.717, 1.165) is 35.2 Å². The first-order chi connectivity index (χ1) is 13.6. The summed E-state index contributed by atoms with van der Waals surface area (Å²) in [6.45, 7) is 1.88. The molecule has 1 aromatic heterocycles. The van der Waals surface area contributed by atoms with Crippen LogP contribution < -0.4 is 10.6 Å². The highest BCUT2D eigenvalue weighted by molar-refractivity contribution is 6.04. The molecule has 0 unspecified atom stereocenters. The van der Waals surface area contributed by atoms with Crippen molar-refractivity contribution < 1.29 is 9.59 Å². The molecule has 0 spiro atoms. The monoisotopic (exact) mass is 374 g/mol. The fraction of sp³-hybridized carbons (Fsp3) is 0.227. The van der Waals surface area contributed by atoms with Crippen LogP contribution in [-0.4, -0.2) is 28.1 Å². The fourth-order valence-electron chi connectivity index (χ4n) is 3.09. The van der Waals surface area contributed by atoms with Crippen LogP contribution in [0.2, 0.25) is 0 Å². The van der Waals surface area contributed by atoms with Crippen molar-refractivity contribution in [3.05, 3.63) is 71.4 Å². The van der Waals surface area contributed by atoms with Gasteiger partial charge in [-0.05, 0) is 37.5 Å². The number of nitrogens with one attached hydrogen (secondary N) is 3. The number of anilines is 1. The summed E-state index contributed by atoms with van der Waals surface area (Å²) in [6.07, 6.45) is 2.51. The van der Waals surface area contributed by atoms with Crippen molar-refractivity contribution in [1.29, 1.82) is 0 Å². The van der Waals surface area contributed by atoms with Gasteiger partial charge in [-0.1, -0.05) is 42.5 Å². The van der Waals surface area contributed by atoms with Crippen LogP contribution in [0.3, 0.4) is 0 Å². The average Bonchev–Trinajstić information content (AvgIpc) is 3.42. The number of carbonyl (C=O) groups is 2. The van der Waals surface area contributed by atoms with Crippen LogP contribution in [0, 0.1) is 6.92 Å². The maximum absolute atomic E-state index is 12.6. The number of carbonyl (C=O) groups excluding carboxylic acids is 2. The van der Waals surface area contributed by atoms with Gasteiger partial charge in [0.05, 0.1) is 12.1 Å². The molecule has 1 heterocycles. The normalized spacial score (nSPS) is 13.2. The Balaban J connectivity index is 1.41. The minimum atomic E-state index is -0.244. The van der Waals surface area contributed by atoms with Gasteiger partial charge in [0.15, 0.2) is 0 Å². The first-order valence-electron chi connectivity index (χ1n) is 9.40. The maximum Gasteiger partial charge on any atom is 0.273 e. The zero-order chi connectivity index (χ0) is 19.5. The molecule has 4 rings (SSSR count). The SMILES string of the molecule is Cc1c(-c2ccccc2)n[nH]c1C(=O)Nc1ccc(CC(=O)NC2CC2)cc1. The van der Waals surface area contributed by atoms with Crippen molar-refractivity contribution in [2.75, 3.05) is 5.32 Å². The lowest BCUT2D eigenvalue weighted by atomic mass is 10.1. The number of rotatable bonds is 6. The van der Waals surface area contributed by atoms with E-state index in [1.165, 1.54) is 0 Å². The highest BCUT2D eigenvalue weighted by Gasteiger charge is 2.23. The second kappa shape index (κ2) is 7.68. The van der Waals surface area contributed by atoms with E-state index in [1.54, 1.807) is 12.1 Å². The van der Waals surface area contributed by atoms with Crippen molar-refractivity contribution in [2.45, 2.75) is 32.2 Å². The van der Waals surface area contributed by atoms with Crippen molar-refractivity contribution >= 4 is 17.5 Å². The second-order valence-corrected chi connectivity index (χ2v) is 7.11. The summed E-state index contributed by atoms with van der Waals surface area (Å²) < 4.78 is 0. The van der Waals surface area contributed by atoms with Gasteiger partial charge in [-0.25, -0.2) is 0 Å². The van der Waals surface area contributed by atoms with Crippen LogP contribution in [0.15, 0.2) is 54.6 Å². The summed E-state index contributed by atoms with van der Waals surface area (Å²) >= 11 is 0. The van der Waals surface area contributed by atoms with Crippen LogP contribution >= 0.6 is 0 Å². The molecule has 1 aliphatic carbocycles. The van der Waals surface area contributed by atoms with Gasteiger partial charge in [0.2, 0.25) is 5.91 Å². The lowest BCUT2D eigenvalue weighted by Gasteiger charge is -2.07. The summed E-state index contributed by atoms with van der Waals surface area (Å²) in [6, 6.07) is 17.4. The van der Waals surface area contributed by atoms with Gasteiger partial charge < -0.3 is 10.6 Å². The molecule has 6 nitrogen and oxygen atoms in total. The standard InChI is InChI=1S/C22H22N4O2/c1-14-20(16-5-3-2-4-6-16)25-26-21(14)22(28)24-18-9-7-15(8-10-18)13-19(27)23-17-11-12-17/h2-10,17H,11-13H2,1H3,(H,23,27)(H,24,28)(H,25,26). The topological polar surface area (TPSA) is 86.9 Å². The van der Waals surface area contributed by atoms with E-state index in [0.29, 0.717) is 23.8 Å². The number of benzene rings is 2. The summed E-state index contributed by atoms with van der Waals surface area (Å²) in [5, 5.41) is 13.0. The smallest absolute Gasteiger partial charge is 0.273 e. The molecule has 1 saturated carbocycles. The molecule has 142 valence electrons. The molecular weight excluding hydrogens is 352 g/mol. The number of nitrogens with zero attached hydrogens (tertiary/aromatic N) is 1. The Bertz CT molecular complexity index is 989. The lowest BCUT2D eigenvalue weighted by molar-refractivity contribution is -0.120. The van der Waals surface area contributed by atoms with Crippen LogP contribution in [0.5, 0.6) is 0 Å². The van der Waals surface area contributed by atoms with E-state index < -0.39 is 0 Å². The first-order valence-corrected chi connectivity index (χ1v) is 9.40. The van der Waals surface area contributed by atoms with E-state index >= 15 is 0 Å². The third kappa shape index (κ3) is 4.11. The zero-order valence-corrected chi connectivity index (χ0v) is 15.7. The predicted octanol–water partition coefficient (Wildman–Crippen LogP) is 3.46. The summed E-state index contributed by atoms with van der Waals surface area (Å²) in [5.74, 6) is -0.202. The van der Waals surface area contributed by atoms with Crippen molar-refractivity contribution in [3.8, 4) is 11.3 Å². The molecule has 0 aliphatic heterocycles. The van der Waals surface area contributed by atoms with Gasteiger partial charge in [0.25, 0.3) is 5.91 Å².